The molecule has 18 heavy (non-hydrogen) atoms. The maximum Gasteiger partial charge on any atom is 0.0758 e. The van der Waals surface area contributed by atoms with Crippen molar-refractivity contribution in [2.75, 3.05) is 0 Å². The molecule has 0 aliphatic carbocycles. The number of hydrogen-bond donors (Lipinski definition) is 1. The Balaban J connectivity index is 2.15. The first-order valence-corrected chi connectivity index (χ1v) is 6.17. The van der Waals surface area contributed by atoms with Crippen LogP contribution in [0.15, 0.2) is 18.5 Å². The molecule has 0 saturated carbocycles. The zero-order chi connectivity index (χ0) is 13.1. The van der Waals surface area contributed by atoms with E-state index in [-0.39, 0.29) is 6.04 Å². The third-order valence-corrected chi connectivity index (χ3v) is 2.89. The summed E-state index contributed by atoms with van der Waals surface area (Å²) >= 11 is 0. The minimum atomic E-state index is -0.139. The summed E-state index contributed by atoms with van der Waals surface area (Å²) in [5, 5.41) is 4.42. The van der Waals surface area contributed by atoms with Crippen LogP contribution in [0.3, 0.4) is 0 Å². The van der Waals surface area contributed by atoms with Gasteiger partial charge in [-0.25, -0.2) is 0 Å². The SMILES string of the molecule is CCn1nc(C)cc1CC(N)c1cnc(C)cn1. The molecule has 5 nitrogen and oxygen atoms in total. The largest absolute Gasteiger partial charge is 0.322 e. The fourth-order valence-electron chi connectivity index (χ4n) is 1.96. The van der Waals surface area contributed by atoms with Crippen molar-refractivity contribution in [3.05, 3.63) is 41.2 Å². The normalized spacial score (nSPS) is 12.7. The first-order chi connectivity index (χ1) is 8.60. The molecule has 0 bridgehead atoms. The maximum absolute atomic E-state index is 6.17. The predicted molar refractivity (Wildman–Crippen MR) is 70.0 cm³/mol. The van der Waals surface area contributed by atoms with Gasteiger partial charge in [0.2, 0.25) is 0 Å². The number of aromatic nitrogens is 4. The van der Waals surface area contributed by atoms with E-state index in [2.05, 4.69) is 28.1 Å². The van der Waals surface area contributed by atoms with Gasteiger partial charge in [0.15, 0.2) is 0 Å². The standard InChI is InChI=1S/C13H19N5/c1-4-18-11(5-9(2)17-18)6-12(14)13-8-15-10(3)7-16-13/h5,7-8,12H,4,6,14H2,1-3H3. The van der Waals surface area contributed by atoms with Gasteiger partial charge in [0.1, 0.15) is 0 Å². The summed E-state index contributed by atoms with van der Waals surface area (Å²) in [5.41, 5.74) is 10.1. The average molecular weight is 245 g/mol. The molecule has 0 aromatic carbocycles. The van der Waals surface area contributed by atoms with Gasteiger partial charge < -0.3 is 5.73 Å². The Kier molecular flexibility index (Phi) is 3.72. The van der Waals surface area contributed by atoms with Crippen molar-refractivity contribution in [3.8, 4) is 0 Å². The van der Waals surface area contributed by atoms with Crippen molar-refractivity contribution in [2.45, 2.75) is 39.8 Å². The van der Waals surface area contributed by atoms with Crippen LogP contribution in [0.1, 0.15) is 35.7 Å². The van der Waals surface area contributed by atoms with E-state index in [1.54, 1.807) is 12.4 Å². The van der Waals surface area contributed by atoms with E-state index in [1.807, 2.05) is 18.5 Å². The average Bonchev–Trinajstić information content (AvgIpc) is 2.70. The summed E-state index contributed by atoms with van der Waals surface area (Å²) in [6.07, 6.45) is 4.23. The van der Waals surface area contributed by atoms with E-state index in [9.17, 15) is 0 Å². The van der Waals surface area contributed by atoms with Gasteiger partial charge in [-0.15, -0.1) is 0 Å². The Labute approximate surface area is 107 Å². The van der Waals surface area contributed by atoms with Crippen LogP contribution in [0.5, 0.6) is 0 Å². The zero-order valence-corrected chi connectivity index (χ0v) is 11.1. The molecule has 0 radical (unpaired) electrons. The van der Waals surface area contributed by atoms with Crippen molar-refractivity contribution in [2.24, 2.45) is 5.73 Å². The van der Waals surface area contributed by atoms with Gasteiger partial charge in [-0.2, -0.15) is 5.10 Å². The molecule has 0 aliphatic rings. The lowest BCUT2D eigenvalue weighted by atomic mass is 10.1. The van der Waals surface area contributed by atoms with Crippen molar-refractivity contribution < 1.29 is 0 Å². The highest BCUT2D eigenvalue weighted by Crippen LogP contribution is 2.14. The highest BCUT2D eigenvalue weighted by molar-refractivity contribution is 5.14. The van der Waals surface area contributed by atoms with E-state index < -0.39 is 0 Å². The van der Waals surface area contributed by atoms with Crippen LogP contribution in [0, 0.1) is 13.8 Å². The van der Waals surface area contributed by atoms with E-state index in [1.165, 1.54) is 0 Å². The van der Waals surface area contributed by atoms with E-state index in [0.29, 0.717) is 0 Å². The van der Waals surface area contributed by atoms with Gasteiger partial charge in [-0.1, -0.05) is 0 Å². The summed E-state index contributed by atoms with van der Waals surface area (Å²) in [6.45, 7) is 6.84. The Morgan fingerprint density at radius 2 is 2.00 bits per heavy atom. The van der Waals surface area contributed by atoms with Crippen molar-refractivity contribution in [3.63, 3.8) is 0 Å². The molecule has 5 heteroatoms. The van der Waals surface area contributed by atoms with Gasteiger partial charge in [-0.05, 0) is 26.8 Å². The molecule has 0 saturated heterocycles. The molecule has 2 aromatic rings. The number of rotatable bonds is 4. The van der Waals surface area contributed by atoms with Gasteiger partial charge >= 0.3 is 0 Å². The third-order valence-electron chi connectivity index (χ3n) is 2.89. The minimum absolute atomic E-state index is 0.139. The topological polar surface area (TPSA) is 69.6 Å². The number of nitrogens with two attached hydrogens (primary N) is 1. The molecule has 2 rings (SSSR count). The summed E-state index contributed by atoms with van der Waals surface area (Å²) in [6, 6.07) is 1.94. The summed E-state index contributed by atoms with van der Waals surface area (Å²) in [4.78, 5) is 8.54. The molecular formula is C13H19N5. The second-order valence-electron chi connectivity index (χ2n) is 4.49. The second kappa shape index (κ2) is 5.27. The maximum atomic E-state index is 6.17. The van der Waals surface area contributed by atoms with Crippen LogP contribution in [-0.4, -0.2) is 19.7 Å². The molecule has 1 unspecified atom stereocenters. The Morgan fingerprint density at radius 1 is 1.22 bits per heavy atom. The Bertz CT molecular complexity index is 515. The summed E-state index contributed by atoms with van der Waals surface area (Å²) in [7, 11) is 0. The van der Waals surface area contributed by atoms with E-state index in [4.69, 9.17) is 5.73 Å². The monoisotopic (exact) mass is 245 g/mol. The molecule has 0 aliphatic heterocycles. The van der Waals surface area contributed by atoms with Crippen LogP contribution in [0.25, 0.3) is 0 Å². The first kappa shape index (κ1) is 12.7. The molecule has 0 fully saturated rings. The molecule has 2 N–H and O–H groups in total. The number of nitrogens with zero attached hydrogens (tertiary/aromatic N) is 4. The highest BCUT2D eigenvalue weighted by atomic mass is 15.3. The lowest BCUT2D eigenvalue weighted by Gasteiger charge is -2.11. The zero-order valence-electron chi connectivity index (χ0n) is 11.1. The lowest BCUT2D eigenvalue weighted by molar-refractivity contribution is 0.581. The number of hydrogen-bond acceptors (Lipinski definition) is 4. The van der Waals surface area contributed by atoms with Crippen LogP contribution in [0.4, 0.5) is 0 Å². The van der Waals surface area contributed by atoms with Crippen LogP contribution in [-0.2, 0) is 13.0 Å². The highest BCUT2D eigenvalue weighted by Gasteiger charge is 2.12. The van der Waals surface area contributed by atoms with Gasteiger partial charge in [-0.3, -0.25) is 14.6 Å². The predicted octanol–water partition coefficient (Wildman–Crippen LogP) is 1.55. The minimum Gasteiger partial charge on any atom is -0.322 e. The molecule has 0 spiro atoms. The van der Waals surface area contributed by atoms with Crippen molar-refractivity contribution >= 4 is 0 Å². The molecule has 1 atom stereocenters. The van der Waals surface area contributed by atoms with Gasteiger partial charge in [0.25, 0.3) is 0 Å². The smallest absolute Gasteiger partial charge is 0.0758 e. The molecule has 2 aromatic heterocycles. The van der Waals surface area contributed by atoms with Crippen LogP contribution < -0.4 is 5.73 Å². The van der Waals surface area contributed by atoms with Crippen LogP contribution in [0.2, 0.25) is 0 Å². The molecule has 2 heterocycles. The Morgan fingerprint density at radius 3 is 2.61 bits per heavy atom. The van der Waals surface area contributed by atoms with Crippen molar-refractivity contribution in [1.29, 1.82) is 0 Å². The Hall–Kier alpha value is -1.75. The summed E-state index contributed by atoms with van der Waals surface area (Å²) < 4.78 is 1.98. The fourth-order valence-corrected chi connectivity index (χ4v) is 1.96. The summed E-state index contributed by atoms with van der Waals surface area (Å²) in [5.74, 6) is 0. The third kappa shape index (κ3) is 2.73. The fraction of sp³-hybridized carbons (Fsp3) is 0.462. The molecule has 96 valence electrons. The lowest BCUT2D eigenvalue weighted by Crippen LogP contribution is -2.17. The second-order valence-corrected chi connectivity index (χ2v) is 4.49. The van der Waals surface area contributed by atoms with Gasteiger partial charge in [0, 0.05) is 24.9 Å². The van der Waals surface area contributed by atoms with E-state index >= 15 is 0 Å². The van der Waals surface area contributed by atoms with Gasteiger partial charge in [0.05, 0.1) is 29.3 Å². The number of aryl methyl sites for hydroxylation is 3. The first-order valence-electron chi connectivity index (χ1n) is 6.17. The molecular weight excluding hydrogens is 226 g/mol. The quantitative estimate of drug-likeness (QED) is 0.887. The van der Waals surface area contributed by atoms with Crippen LogP contribution >= 0.6 is 0 Å². The van der Waals surface area contributed by atoms with Crippen molar-refractivity contribution in [1.82, 2.24) is 19.7 Å². The van der Waals surface area contributed by atoms with E-state index in [0.717, 1.165) is 35.7 Å². The molecule has 0 amide bonds.